The number of aliphatic hydroxyl groups excluding tert-OH is 1. The van der Waals surface area contributed by atoms with Crippen LogP contribution in [0.5, 0.6) is 5.75 Å². The number of rotatable bonds is 8. The van der Waals surface area contributed by atoms with Gasteiger partial charge >= 0.3 is 5.13 Å². The molecule has 0 saturated heterocycles. The third kappa shape index (κ3) is 4.77. The van der Waals surface area contributed by atoms with Crippen LogP contribution in [0.3, 0.4) is 0 Å². The highest BCUT2D eigenvalue weighted by Gasteiger charge is 2.23. The molecule has 3 aromatic carbocycles. The fourth-order valence-electron chi connectivity index (χ4n) is 3.35. The van der Waals surface area contributed by atoms with Gasteiger partial charge in [0.25, 0.3) is 5.69 Å². The lowest BCUT2D eigenvalue weighted by Crippen LogP contribution is -2.39. The zero-order valence-corrected chi connectivity index (χ0v) is 18.2. The summed E-state index contributed by atoms with van der Waals surface area (Å²) in [7, 11) is 1.63. The molecule has 32 heavy (non-hydrogen) atoms. The number of hydrogen-bond donors (Lipinski definition) is 2. The van der Waals surface area contributed by atoms with E-state index in [2.05, 4.69) is 5.32 Å². The zero-order chi connectivity index (χ0) is 22.5. The normalized spacial score (nSPS) is 11.7. The van der Waals surface area contributed by atoms with E-state index in [0.717, 1.165) is 27.8 Å². The number of ether oxygens (including phenoxy) is 1. The van der Waals surface area contributed by atoms with Gasteiger partial charge in [0.2, 0.25) is 0 Å². The Morgan fingerprint density at radius 1 is 1.06 bits per heavy atom. The third-order valence-corrected chi connectivity index (χ3v) is 5.96. The molecule has 0 amide bonds. The Bertz CT molecular complexity index is 1190. The lowest BCUT2D eigenvalue weighted by molar-refractivity contribution is -0.676. The molecule has 0 radical (unpaired) electrons. The number of nitro benzene ring substituents is 1. The van der Waals surface area contributed by atoms with Crippen LogP contribution in [0.25, 0.3) is 11.3 Å². The lowest BCUT2D eigenvalue weighted by Gasteiger charge is -2.12. The van der Waals surface area contributed by atoms with Gasteiger partial charge in [-0.25, -0.2) is 9.88 Å². The standard InChI is InChI=1S/C24H21N3O4S/c1-31-21-13-9-17(10-14-21)22-16-32-24(25-19-5-3-2-4-6-19)26(22)15-23(28)18-7-11-20(12-8-18)27(29)30/h2-14,16,23,28H,15H2,1H3/p+1/t23-/m0/s1. The number of benzene rings is 3. The molecule has 0 aliphatic carbocycles. The van der Waals surface area contributed by atoms with Crippen molar-refractivity contribution in [2.45, 2.75) is 12.6 Å². The van der Waals surface area contributed by atoms with Gasteiger partial charge in [0.05, 0.1) is 12.0 Å². The third-order valence-electron chi connectivity index (χ3n) is 5.07. The van der Waals surface area contributed by atoms with Crippen LogP contribution in [0.1, 0.15) is 11.7 Å². The van der Waals surface area contributed by atoms with Crippen LogP contribution < -0.4 is 14.6 Å². The average Bonchev–Trinajstić information content (AvgIpc) is 3.21. The predicted molar refractivity (Wildman–Crippen MR) is 124 cm³/mol. The van der Waals surface area contributed by atoms with Crippen LogP contribution in [0.4, 0.5) is 16.5 Å². The zero-order valence-electron chi connectivity index (χ0n) is 17.3. The summed E-state index contributed by atoms with van der Waals surface area (Å²) in [5.74, 6) is 0.768. The molecule has 4 aromatic rings. The van der Waals surface area contributed by atoms with E-state index in [0.29, 0.717) is 5.56 Å². The summed E-state index contributed by atoms with van der Waals surface area (Å²) in [5, 5.41) is 28.2. The summed E-state index contributed by atoms with van der Waals surface area (Å²) in [5.41, 5.74) is 3.47. The first-order valence-corrected chi connectivity index (χ1v) is 10.8. The number of nitrogens with zero attached hydrogens (tertiary/aromatic N) is 2. The second kappa shape index (κ2) is 9.59. The van der Waals surface area contributed by atoms with Crippen LogP contribution in [0.15, 0.2) is 84.2 Å². The summed E-state index contributed by atoms with van der Waals surface area (Å²) in [6.07, 6.45) is -0.844. The smallest absolute Gasteiger partial charge is 0.339 e. The SMILES string of the molecule is COc1ccc(-c2csc(Nc3ccccc3)[n+]2C[C@H](O)c2ccc([N+](=O)[O-])cc2)cc1. The van der Waals surface area contributed by atoms with Crippen LogP contribution in [-0.2, 0) is 6.54 Å². The van der Waals surface area contributed by atoms with E-state index >= 15 is 0 Å². The minimum absolute atomic E-state index is 0.00510. The molecule has 8 heteroatoms. The van der Waals surface area contributed by atoms with E-state index in [4.69, 9.17) is 4.74 Å². The van der Waals surface area contributed by atoms with Gasteiger partial charge in [-0.3, -0.25) is 10.1 Å². The van der Waals surface area contributed by atoms with Crippen molar-refractivity contribution in [3.8, 4) is 17.0 Å². The Morgan fingerprint density at radius 3 is 2.38 bits per heavy atom. The summed E-state index contributed by atoms with van der Waals surface area (Å²) in [6.45, 7) is 0.276. The van der Waals surface area contributed by atoms with Crippen LogP contribution in [-0.4, -0.2) is 17.1 Å². The number of para-hydroxylation sites is 1. The van der Waals surface area contributed by atoms with Crippen molar-refractivity contribution in [2.75, 3.05) is 12.4 Å². The molecule has 162 valence electrons. The molecule has 0 aliphatic heterocycles. The van der Waals surface area contributed by atoms with Gasteiger partial charge in [0, 0.05) is 23.1 Å². The highest BCUT2D eigenvalue weighted by molar-refractivity contribution is 7.13. The molecule has 0 aliphatic rings. The minimum Gasteiger partial charge on any atom is -0.497 e. The second-order valence-electron chi connectivity index (χ2n) is 7.12. The largest absolute Gasteiger partial charge is 0.497 e. The maximum atomic E-state index is 10.9. The fourth-order valence-corrected chi connectivity index (χ4v) is 4.32. The lowest BCUT2D eigenvalue weighted by atomic mass is 10.1. The van der Waals surface area contributed by atoms with Gasteiger partial charge in [0.15, 0.2) is 0 Å². The number of non-ortho nitro benzene ring substituents is 1. The van der Waals surface area contributed by atoms with Crippen LogP contribution in [0, 0.1) is 10.1 Å². The van der Waals surface area contributed by atoms with Gasteiger partial charge in [-0.1, -0.05) is 29.5 Å². The molecule has 0 unspecified atom stereocenters. The van der Waals surface area contributed by atoms with Gasteiger partial charge < -0.3 is 9.84 Å². The summed E-state index contributed by atoms with van der Waals surface area (Å²) in [4.78, 5) is 10.5. The molecule has 0 saturated carbocycles. The Labute approximate surface area is 189 Å². The van der Waals surface area contributed by atoms with E-state index in [-0.39, 0.29) is 12.2 Å². The van der Waals surface area contributed by atoms with E-state index in [1.54, 1.807) is 19.2 Å². The number of thiazole rings is 1. The number of nitro groups is 1. The highest BCUT2D eigenvalue weighted by atomic mass is 32.1. The quantitative estimate of drug-likeness (QED) is 0.223. The maximum Gasteiger partial charge on any atom is 0.339 e. The van der Waals surface area contributed by atoms with E-state index in [1.165, 1.54) is 23.5 Å². The van der Waals surface area contributed by atoms with Gasteiger partial charge in [-0.2, -0.15) is 0 Å². The van der Waals surface area contributed by atoms with Gasteiger partial charge in [-0.15, -0.1) is 0 Å². The van der Waals surface area contributed by atoms with E-state index < -0.39 is 11.0 Å². The van der Waals surface area contributed by atoms with Crippen molar-refractivity contribution in [1.82, 2.24) is 0 Å². The van der Waals surface area contributed by atoms with E-state index in [1.807, 2.05) is 64.5 Å². The Hall–Kier alpha value is -3.75. The highest BCUT2D eigenvalue weighted by Crippen LogP contribution is 2.28. The molecule has 4 rings (SSSR count). The first kappa shape index (κ1) is 21.5. The molecule has 7 nitrogen and oxygen atoms in total. The molecule has 0 fully saturated rings. The monoisotopic (exact) mass is 448 g/mol. The fraction of sp³-hybridized carbons (Fsp3) is 0.125. The minimum atomic E-state index is -0.844. The molecule has 0 spiro atoms. The molecule has 1 atom stereocenters. The average molecular weight is 449 g/mol. The van der Waals surface area contributed by atoms with Crippen LogP contribution in [0.2, 0.25) is 0 Å². The van der Waals surface area contributed by atoms with Gasteiger partial charge in [-0.05, 0) is 54.1 Å². The van der Waals surface area contributed by atoms with Crippen molar-refractivity contribution in [3.05, 3.63) is 99.9 Å². The second-order valence-corrected chi connectivity index (χ2v) is 7.98. The number of aromatic nitrogens is 1. The molecular weight excluding hydrogens is 426 g/mol. The maximum absolute atomic E-state index is 10.9. The number of aliphatic hydroxyl groups is 1. The Balaban J connectivity index is 1.67. The van der Waals surface area contributed by atoms with Crippen molar-refractivity contribution < 1.29 is 19.3 Å². The molecule has 1 heterocycles. The first-order valence-electron chi connectivity index (χ1n) is 9.95. The number of nitrogens with one attached hydrogen (secondary N) is 1. The number of anilines is 2. The predicted octanol–water partition coefficient (Wildman–Crippen LogP) is 5.10. The summed E-state index contributed by atoms with van der Waals surface area (Å²) >= 11 is 1.54. The van der Waals surface area contributed by atoms with Crippen molar-refractivity contribution in [1.29, 1.82) is 0 Å². The molecule has 2 N–H and O–H groups in total. The van der Waals surface area contributed by atoms with Gasteiger partial charge in [0.1, 0.15) is 29.8 Å². The number of hydrogen-bond acceptors (Lipinski definition) is 6. The van der Waals surface area contributed by atoms with Crippen LogP contribution >= 0.6 is 11.3 Å². The Morgan fingerprint density at radius 2 is 1.75 bits per heavy atom. The summed E-state index contributed by atoms with van der Waals surface area (Å²) in [6, 6.07) is 23.6. The molecule has 1 aromatic heterocycles. The molecular formula is C24H22N3O4S+. The van der Waals surface area contributed by atoms with Crippen molar-refractivity contribution in [3.63, 3.8) is 0 Å². The first-order chi connectivity index (χ1) is 15.5. The Kier molecular flexibility index (Phi) is 6.44. The number of methoxy groups -OCH3 is 1. The summed E-state index contributed by atoms with van der Waals surface area (Å²) < 4.78 is 7.28. The van der Waals surface area contributed by atoms with Crippen molar-refractivity contribution in [2.24, 2.45) is 0 Å². The molecule has 0 bridgehead atoms. The van der Waals surface area contributed by atoms with E-state index in [9.17, 15) is 15.2 Å². The van der Waals surface area contributed by atoms with Crippen molar-refractivity contribution >= 4 is 27.8 Å². The topological polar surface area (TPSA) is 88.5 Å².